The van der Waals surface area contributed by atoms with Gasteiger partial charge in [-0.1, -0.05) is 34.9 Å². The van der Waals surface area contributed by atoms with Gasteiger partial charge in [-0.25, -0.2) is 0 Å². The van der Waals surface area contributed by atoms with Gasteiger partial charge in [0, 0.05) is 7.12 Å². The second-order valence-electron chi connectivity index (χ2n) is 1.29. The summed E-state index contributed by atoms with van der Waals surface area (Å²) < 4.78 is 6.78. The Morgan fingerprint density at radius 2 is 2.57 bits per heavy atom. The monoisotopic (exact) mass is 137 g/mol. The van der Waals surface area contributed by atoms with Crippen LogP contribution in [0.2, 0.25) is 0 Å². The highest BCUT2D eigenvalue weighted by atomic mass is 33.1. The molecule has 2 heteroatoms. The minimum absolute atomic E-state index is 0.494. The zero-order valence-electron chi connectivity index (χ0n) is 5.64. The van der Waals surface area contributed by atoms with Crippen LogP contribution in [0.5, 0.6) is 0 Å². The van der Waals surface area contributed by atoms with Crippen LogP contribution in [0.1, 0.15) is 21.1 Å². The second kappa shape index (κ2) is 6.70. The third-order valence-electron chi connectivity index (χ3n) is 0.665. The highest BCUT2D eigenvalue weighted by Gasteiger charge is 1.80. The number of hydrogen-bond acceptors (Lipinski definition) is 2. The second-order valence-corrected chi connectivity index (χ2v) is 3.59. The van der Waals surface area contributed by atoms with E-state index in [1.165, 1.54) is 18.6 Å². The van der Waals surface area contributed by atoms with E-state index in [0.29, 0.717) is 6.23 Å². The summed E-state index contributed by atoms with van der Waals surface area (Å²) >= 11 is 0. The molecule has 0 aliphatic heterocycles. The normalized spacial score (nSPS) is 11.3. The van der Waals surface area contributed by atoms with E-state index in [0.717, 1.165) is 0 Å². The van der Waals surface area contributed by atoms with Gasteiger partial charge in [0.1, 0.15) is 0 Å². The molecule has 0 rings (SSSR count). The van der Waals surface area contributed by atoms with Crippen molar-refractivity contribution in [2.45, 2.75) is 19.8 Å². The molecule has 44 valence electrons. The van der Waals surface area contributed by atoms with E-state index in [1.807, 2.05) is 0 Å². The van der Waals surface area contributed by atoms with Gasteiger partial charge >= 0.3 is 0 Å². The van der Waals surface area contributed by atoms with E-state index in [-0.39, 0.29) is 0 Å². The Labute approximate surface area is 55.3 Å². The van der Waals surface area contributed by atoms with E-state index in [2.05, 4.69) is 6.92 Å². The van der Waals surface area contributed by atoms with Gasteiger partial charge in [0.25, 0.3) is 0 Å². The Kier molecular flexibility index (Phi) is 5.58. The summed E-state index contributed by atoms with van der Waals surface area (Å²) in [6.45, 7) is 2.19. The lowest BCUT2D eigenvalue weighted by atomic mass is 10.4. The van der Waals surface area contributed by atoms with E-state index < -0.39 is 0 Å². The lowest BCUT2D eigenvalue weighted by molar-refractivity contribution is 0.898. The maximum Gasteiger partial charge on any atom is 0.0353 e. The maximum atomic E-state index is 6.78. The van der Waals surface area contributed by atoms with Gasteiger partial charge in [-0.3, -0.25) is 0 Å². The van der Waals surface area contributed by atoms with Crippen LogP contribution in [0.25, 0.3) is 0 Å². The molecule has 0 aliphatic carbocycles. The topological polar surface area (TPSA) is 0 Å². The Morgan fingerprint density at radius 1 is 1.71 bits per heavy atom. The first-order valence-electron chi connectivity index (χ1n) is 3.16. The minimum atomic E-state index is 0.494. The summed E-state index contributed by atoms with van der Waals surface area (Å²) in [6, 6.07) is 0. The van der Waals surface area contributed by atoms with Crippen LogP contribution in [0.15, 0.2) is 0 Å². The standard InChI is InChI=1S/C5H12S2/c1-3-4-5-7-6-2/h3-5H2,1-2H3/i2D. The average Bonchev–Trinajstić information content (AvgIpc) is 1.81. The van der Waals surface area contributed by atoms with Crippen LogP contribution in [0.3, 0.4) is 0 Å². The van der Waals surface area contributed by atoms with Crippen LogP contribution < -0.4 is 0 Å². The molecule has 0 fully saturated rings. The van der Waals surface area contributed by atoms with E-state index in [9.17, 15) is 0 Å². The molecule has 0 saturated carbocycles. The summed E-state index contributed by atoms with van der Waals surface area (Å²) in [5.41, 5.74) is 0. The van der Waals surface area contributed by atoms with Crippen molar-refractivity contribution in [3.05, 3.63) is 0 Å². The van der Waals surface area contributed by atoms with Crippen LogP contribution in [0, 0.1) is 0 Å². The fraction of sp³-hybridized carbons (Fsp3) is 1.00. The number of hydrogen-bond donors (Lipinski definition) is 0. The molecular weight excluding hydrogens is 124 g/mol. The van der Waals surface area contributed by atoms with E-state index >= 15 is 0 Å². The van der Waals surface area contributed by atoms with Crippen molar-refractivity contribution >= 4 is 21.6 Å². The third kappa shape index (κ3) is 6.70. The van der Waals surface area contributed by atoms with E-state index in [1.54, 1.807) is 21.6 Å². The number of unbranched alkanes of at least 4 members (excludes halogenated alkanes) is 1. The molecule has 0 aromatic heterocycles. The first-order valence-corrected chi connectivity index (χ1v) is 4.94. The maximum absolute atomic E-state index is 6.78. The van der Waals surface area contributed by atoms with Crippen molar-refractivity contribution in [2.75, 3.05) is 12.0 Å². The van der Waals surface area contributed by atoms with Crippen molar-refractivity contribution in [1.82, 2.24) is 0 Å². The Balaban J connectivity index is 2.53. The molecule has 7 heavy (non-hydrogen) atoms. The van der Waals surface area contributed by atoms with Gasteiger partial charge in [0.15, 0.2) is 0 Å². The van der Waals surface area contributed by atoms with Gasteiger partial charge < -0.3 is 0 Å². The lowest BCUT2D eigenvalue weighted by Gasteiger charge is -1.90. The van der Waals surface area contributed by atoms with Crippen molar-refractivity contribution in [2.24, 2.45) is 0 Å². The predicted molar refractivity (Wildman–Crippen MR) is 40.9 cm³/mol. The summed E-state index contributed by atoms with van der Waals surface area (Å²) in [5, 5.41) is 0. The smallest absolute Gasteiger partial charge is 0.0353 e. The fourth-order valence-electron chi connectivity index (χ4n) is 0.262. The van der Waals surface area contributed by atoms with Crippen LogP contribution in [0.4, 0.5) is 0 Å². The lowest BCUT2D eigenvalue weighted by Crippen LogP contribution is -1.70. The molecular formula is C5H12S2. The predicted octanol–water partition coefficient (Wildman–Crippen LogP) is 2.80. The zero-order chi connectivity index (χ0) is 6.24. The molecule has 0 nitrogen and oxygen atoms in total. The fourth-order valence-corrected chi connectivity index (χ4v) is 1.49. The number of rotatable bonds is 4. The molecule has 0 unspecified atom stereocenters. The van der Waals surface area contributed by atoms with Gasteiger partial charge in [-0.15, -0.1) is 0 Å². The van der Waals surface area contributed by atoms with E-state index in [4.69, 9.17) is 1.37 Å². The SMILES string of the molecule is [2H]CSSCCCC. The first kappa shape index (κ1) is 5.83. The summed E-state index contributed by atoms with van der Waals surface area (Å²) in [5.74, 6) is 1.21. The Morgan fingerprint density at radius 3 is 3.14 bits per heavy atom. The van der Waals surface area contributed by atoms with Crippen molar-refractivity contribution < 1.29 is 1.37 Å². The highest BCUT2D eigenvalue weighted by Crippen LogP contribution is 2.17. The summed E-state index contributed by atoms with van der Waals surface area (Å²) in [4.78, 5) is 0. The summed E-state index contributed by atoms with van der Waals surface area (Å²) in [7, 11) is 3.44. The van der Waals surface area contributed by atoms with Crippen LogP contribution in [-0.2, 0) is 0 Å². The molecule has 0 aliphatic rings. The van der Waals surface area contributed by atoms with Crippen molar-refractivity contribution in [3.8, 4) is 0 Å². The average molecular weight is 137 g/mol. The van der Waals surface area contributed by atoms with Crippen molar-refractivity contribution in [3.63, 3.8) is 0 Å². The largest absolute Gasteiger partial charge is 0.0976 e. The Hall–Kier alpha value is 0.700. The van der Waals surface area contributed by atoms with Gasteiger partial charge in [0.2, 0.25) is 0 Å². The van der Waals surface area contributed by atoms with Crippen molar-refractivity contribution in [1.29, 1.82) is 0 Å². The quantitative estimate of drug-likeness (QED) is 0.431. The van der Waals surface area contributed by atoms with Gasteiger partial charge in [-0.05, 0) is 12.7 Å². The van der Waals surface area contributed by atoms with Gasteiger partial charge in [0.05, 0.1) is 0 Å². The molecule has 0 N–H and O–H groups in total. The molecule has 0 saturated heterocycles. The minimum Gasteiger partial charge on any atom is -0.0976 e. The molecule has 0 radical (unpaired) electrons. The molecule has 0 heterocycles. The molecule has 0 aromatic rings. The Bertz CT molecular complexity index is 35.4. The van der Waals surface area contributed by atoms with Crippen LogP contribution in [-0.4, -0.2) is 12.0 Å². The van der Waals surface area contributed by atoms with Crippen LogP contribution >= 0.6 is 21.6 Å². The molecule has 0 aromatic carbocycles. The molecule has 0 bridgehead atoms. The van der Waals surface area contributed by atoms with Gasteiger partial charge in [-0.2, -0.15) is 0 Å². The zero-order valence-corrected chi connectivity index (χ0v) is 6.28. The highest BCUT2D eigenvalue weighted by molar-refractivity contribution is 8.76. The molecule has 0 spiro atoms. The molecule has 0 amide bonds. The molecule has 0 atom stereocenters. The first-order chi connectivity index (χ1) is 3.91. The third-order valence-corrected chi connectivity index (χ3v) is 2.29. The summed E-state index contributed by atoms with van der Waals surface area (Å²) in [6.07, 6.45) is 3.05.